The maximum Gasteiger partial charge on any atom is 0.337 e. The van der Waals surface area contributed by atoms with Crippen LogP contribution in [0.1, 0.15) is 26.2 Å². The number of para-hydroxylation sites is 1. The summed E-state index contributed by atoms with van der Waals surface area (Å²) in [7, 11) is -3.68. The minimum absolute atomic E-state index is 0.188. The van der Waals surface area contributed by atoms with Crippen molar-refractivity contribution in [1.82, 2.24) is 4.00 Å². The lowest BCUT2D eigenvalue weighted by atomic mass is 10.2. The number of hydrogen-bond acceptors (Lipinski definition) is 5. The van der Waals surface area contributed by atoms with Crippen LogP contribution in [-0.2, 0) is 10.0 Å². The van der Waals surface area contributed by atoms with Gasteiger partial charge in [0.2, 0.25) is 0 Å². The van der Waals surface area contributed by atoms with Crippen LogP contribution < -0.4 is 4.00 Å². The molecule has 0 saturated heterocycles. The largest absolute Gasteiger partial charge is 0.337 e. The van der Waals surface area contributed by atoms with E-state index in [-0.39, 0.29) is 5.75 Å². The summed E-state index contributed by atoms with van der Waals surface area (Å²) >= 11 is 0. The second kappa shape index (κ2) is 6.28. The van der Waals surface area contributed by atoms with Gasteiger partial charge in [-0.2, -0.15) is 8.42 Å². The highest BCUT2D eigenvalue weighted by Gasteiger charge is 2.53. The lowest BCUT2D eigenvalue weighted by Gasteiger charge is -2.25. The van der Waals surface area contributed by atoms with E-state index in [1.54, 1.807) is 24.3 Å². The smallest absolute Gasteiger partial charge is 0.170 e. The topological polar surface area (TPSA) is 71.2 Å². The quantitative estimate of drug-likeness (QED) is 0.572. The summed E-state index contributed by atoms with van der Waals surface area (Å²) in [5.74, 6) is 0.247. The Balaban J connectivity index is 2.59. The van der Waals surface area contributed by atoms with Crippen molar-refractivity contribution >= 4 is 21.5 Å². The molecule has 1 aromatic rings. The van der Waals surface area contributed by atoms with Crippen LogP contribution >= 0.6 is 0 Å². The molecular weight excluding hydrogens is 288 g/mol. The summed E-state index contributed by atoms with van der Waals surface area (Å²) in [4.78, 5) is 0. The van der Waals surface area contributed by atoms with E-state index < -0.39 is 14.0 Å². The summed E-state index contributed by atoms with van der Waals surface area (Å²) in [6.07, 6.45) is 3.67. The van der Waals surface area contributed by atoms with Crippen molar-refractivity contribution in [3.8, 4) is 0 Å². The van der Waals surface area contributed by atoms with Gasteiger partial charge < -0.3 is 0 Å². The van der Waals surface area contributed by atoms with Crippen LogP contribution in [0.25, 0.3) is 0 Å². The summed E-state index contributed by atoms with van der Waals surface area (Å²) in [6, 6.07) is 8.85. The molecule has 0 fully saturated rings. The fourth-order valence-electron chi connectivity index (χ4n) is 2.24. The highest BCUT2D eigenvalue weighted by atomic mass is 32.2. The molecule has 21 heavy (non-hydrogen) atoms. The van der Waals surface area contributed by atoms with Crippen molar-refractivity contribution < 1.29 is 8.42 Å². The van der Waals surface area contributed by atoms with Gasteiger partial charge in [-0.15, -0.1) is 6.58 Å². The number of nitrogens with zero attached hydrogens (tertiary/aromatic N) is 4. The molecule has 7 heteroatoms. The van der Waals surface area contributed by atoms with Crippen LogP contribution in [0.15, 0.2) is 58.5 Å². The highest BCUT2D eigenvalue weighted by Crippen LogP contribution is 2.34. The van der Waals surface area contributed by atoms with Crippen LogP contribution in [0.2, 0.25) is 0 Å². The Labute approximate surface area is 125 Å². The minimum atomic E-state index is -3.68. The fraction of sp³-hybridized carbons (Fsp3) is 0.357. The number of benzene rings is 1. The maximum atomic E-state index is 12.8. The van der Waals surface area contributed by atoms with Crippen molar-refractivity contribution in [3.05, 3.63) is 43.0 Å². The molecule has 1 heterocycles. The summed E-state index contributed by atoms with van der Waals surface area (Å²) in [5, 5.41) is 11.6. The standard InChI is InChI=1S/C14H19N4O2S/c1-3-5-11-14-15-16-17-18(14,21(19,20)12-4-2)13-9-7-6-8-10-13/h4,6-10H,2-3,5,11-12H2,1H3/q+1. The molecule has 1 atom stereocenters. The van der Waals surface area contributed by atoms with Crippen LogP contribution in [0.3, 0.4) is 0 Å². The zero-order valence-electron chi connectivity index (χ0n) is 12.0. The fourth-order valence-corrected chi connectivity index (χ4v) is 3.79. The van der Waals surface area contributed by atoms with E-state index in [0.717, 1.165) is 12.8 Å². The number of rotatable bonds is 7. The van der Waals surface area contributed by atoms with Crippen molar-refractivity contribution in [2.75, 3.05) is 5.75 Å². The number of sulfonamides is 1. The van der Waals surface area contributed by atoms with Gasteiger partial charge in [-0.05, 0) is 6.42 Å². The van der Waals surface area contributed by atoms with Gasteiger partial charge in [-0.3, -0.25) is 0 Å². The third-order valence-corrected chi connectivity index (χ3v) is 5.22. The average molecular weight is 307 g/mol. The van der Waals surface area contributed by atoms with Gasteiger partial charge in [0.1, 0.15) is 5.75 Å². The lowest BCUT2D eigenvalue weighted by molar-refractivity contribution is 0.519. The third kappa shape index (κ3) is 2.66. The molecule has 0 amide bonds. The van der Waals surface area contributed by atoms with Gasteiger partial charge in [0, 0.05) is 27.8 Å². The molecule has 0 bridgehead atoms. The van der Waals surface area contributed by atoms with E-state index in [4.69, 9.17) is 0 Å². The van der Waals surface area contributed by atoms with Crippen LogP contribution in [0.5, 0.6) is 0 Å². The number of amidine groups is 1. The Bertz CT molecular complexity index is 667. The van der Waals surface area contributed by atoms with Gasteiger partial charge in [0.05, 0.1) is 5.22 Å². The summed E-state index contributed by atoms with van der Waals surface area (Å²) in [6.45, 7) is 5.57. The molecule has 0 aromatic heterocycles. The van der Waals surface area contributed by atoms with Gasteiger partial charge in [-0.1, -0.05) is 42.7 Å². The zero-order valence-corrected chi connectivity index (χ0v) is 12.8. The van der Waals surface area contributed by atoms with Crippen molar-refractivity contribution in [1.29, 1.82) is 0 Å². The molecule has 1 unspecified atom stereocenters. The molecule has 0 saturated carbocycles. The van der Waals surface area contributed by atoms with E-state index in [1.807, 2.05) is 13.0 Å². The first-order valence-corrected chi connectivity index (χ1v) is 8.47. The van der Waals surface area contributed by atoms with Crippen molar-refractivity contribution in [2.24, 2.45) is 15.5 Å². The van der Waals surface area contributed by atoms with E-state index in [0.29, 0.717) is 17.9 Å². The molecule has 0 radical (unpaired) electrons. The normalized spacial score (nSPS) is 21.3. The first-order valence-electron chi connectivity index (χ1n) is 6.86. The Morgan fingerprint density at radius 2 is 2.00 bits per heavy atom. The number of unbranched alkanes of at least 4 members (excludes halogenated alkanes) is 1. The minimum Gasteiger partial charge on any atom is -0.170 e. The van der Waals surface area contributed by atoms with Crippen LogP contribution in [-0.4, -0.2) is 20.0 Å². The Morgan fingerprint density at radius 3 is 2.62 bits per heavy atom. The lowest BCUT2D eigenvalue weighted by Crippen LogP contribution is -2.53. The van der Waals surface area contributed by atoms with E-state index in [2.05, 4.69) is 22.1 Å². The summed E-state index contributed by atoms with van der Waals surface area (Å²) in [5.41, 5.74) is 0.524. The zero-order chi connectivity index (χ0) is 15.3. The molecule has 2 rings (SSSR count). The van der Waals surface area contributed by atoms with Crippen LogP contribution in [0, 0.1) is 0 Å². The van der Waals surface area contributed by atoms with E-state index in [1.165, 1.54) is 6.08 Å². The van der Waals surface area contributed by atoms with Gasteiger partial charge in [0.25, 0.3) is 5.84 Å². The van der Waals surface area contributed by atoms with Gasteiger partial charge in [-0.25, -0.2) is 0 Å². The Hall–Kier alpha value is -1.86. The van der Waals surface area contributed by atoms with Crippen molar-refractivity contribution in [2.45, 2.75) is 26.2 Å². The van der Waals surface area contributed by atoms with Gasteiger partial charge in [0.15, 0.2) is 5.69 Å². The molecule has 0 N–H and O–H groups in total. The number of quaternary nitrogens is 1. The molecule has 1 aromatic carbocycles. The van der Waals surface area contributed by atoms with Crippen LogP contribution in [0.4, 0.5) is 5.69 Å². The average Bonchev–Trinajstić information content (AvgIpc) is 2.91. The monoisotopic (exact) mass is 307 g/mol. The van der Waals surface area contributed by atoms with Gasteiger partial charge >= 0.3 is 10.0 Å². The molecule has 112 valence electrons. The molecule has 6 nitrogen and oxygen atoms in total. The number of hydrogen-bond donors (Lipinski definition) is 0. The second-order valence-corrected chi connectivity index (χ2v) is 6.77. The molecule has 0 spiro atoms. The first-order chi connectivity index (χ1) is 10.1. The molecule has 1 aliphatic heterocycles. The second-order valence-electron chi connectivity index (χ2n) is 4.75. The maximum absolute atomic E-state index is 12.8. The van der Waals surface area contributed by atoms with E-state index >= 15 is 0 Å². The van der Waals surface area contributed by atoms with E-state index in [9.17, 15) is 8.42 Å². The summed E-state index contributed by atoms with van der Waals surface area (Å²) < 4.78 is 24.9. The molecule has 0 aliphatic carbocycles. The Kier molecular flexibility index (Phi) is 4.64. The SMILES string of the molecule is C=CCS(=O)(=O)[N+]1(c2ccccc2)N=NN=C1CCCC. The Morgan fingerprint density at radius 1 is 1.29 bits per heavy atom. The first kappa shape index (κ1) is 15.5. The van der Waals surface area contributed by atoms with Crippen molar-refractivity contribution in [3.63, 3.8) is 0 Å². The predicted octanol–water partition coefficient (Wildman–Crippen LogP) is 3.39. The third-order valence-electron chi connectivity index (χ3n) is 3.27. The predicted molar refractivity (Wildman–Crippen MR) is 84.0 cm³/mol. The highest BCUT2D eigenvalue weighted by molar-refractivity contribution is 7.91. The molecule has 1 aliphatic rings. The molecular formula is C14H19N4O2S+.